The van der Waals surface area contributed by atoms with E-state index in [0.717, 1.165) is 28.1 Å². The number of pyridine rings is 1. The third-order valence-corrected chi connectivity index (χ3v) is 7.48. The molecule has 0 unspecified atom stereocenters. The Kier molecular flexibility index (Phi) is 6.24. The third kappa shape index (κ3) is 4.59. The van der Waals surface area contributed by atoms with Gasteiger partial charge in [0.25, 0.3) is 0 Å². The number of fused-ring (bicyclic) bond motifs is 1. The van der Waals surface area contributed by atoms with Gasteiger partial charge in [-0.25, -0.2) is 4.98 Å². The van der Waals surface area contributed by atoms with Crippen LogP contribution in [0.5, 0.6) is 0 Å². The van der Waals surface area contributed by atoms with Gasteiger partial charge in [-0.2, -0.15) is 0 Å². The molecule has 1 heteroatoms. The molecule has 0 radical (unpaired) electrons. The van der Waals surface area contributed by atoms with Crippen molar-refractivity contribution in [3.63, 3.8) is 0 Å². The van der Waals surface area contributed by atoms with Gasteiger partial charge >= 0.3 is 0 Å². The molecule has 0 fully saturated rings. The topological polar surface area (TPSA) is 12.9 Å². The molecule has 1 aromatic heterocycles. The maximum Gasteiger partial charge on any atom is 0.0715 e. The summed E-state index contributed by atoms with van der Waals surface area (Å²) in [5.41, 5.74) is 11.4. The molecule has 0 bridgehead atoms. The fourth-order valence-corrected chi connectivity index (χ4v) is 5.50. The Morgan fingerprint density at radius 1 is 0.275 bits per heavy atom. The van der Waals surface area contributed by atoms with Crippen molar-refractivity contribution in [2.75, 3.05) is 0 Å². The molecule has 1 nitrogen and oxygen atoms in total. The van der Waals surface area contributed by atoms with Crippen molar-refractivity contribution in [2.24, 2.45) is 0 Å². The highest BCUT2D eigenvalue weighted by Gasteiger charge is 2.12. The predicted molar refractivity (Wildman–Crippen MR) is 169 cm³/mol. The minimum absolute atomic E-state index is 0.972. The van der Waals surface area contributed by atoms with Gasteiger partial charge in [0, 0.05) is 11.1 Å². The summed E-state index contributed by atoms with van der Waals surface area (Å²) >= 11 is 0. The number of aromatic nitrogens is 1. The molecule has 0 saturated heterocycles. The Morgan fingerprint density at radius 3 is 1.25 bits per heavy atom. The van der Waals surface area contributed by atoms with E-state index in [0.29, 0.717) is 0 Å². The summed E-state index contributed by atoms with van der Waals surface area (Å²) in [7, 11) is 0. The minimum Gasteiger partial charge on any atom is -0.248 e. The van der Waals surface area contributed by atoms with Crippen LogP contribution in [-0.4, -0.2) is 4.98 Å². The molecule has 0 N–H and O–H groups in total. The van der Waals surface area contributed by atoms with Crippen molar-refractivity contribution >= 4 is 10.8 Å². The Bertz CT molecular complexity index is 1870. The standard InChI is InChI=1S/C39H27N/c1-4-13-28(14-5-1)34-23-24-35(37-22-11-10-21-36(34)37)32-20-12-19-31(25-32)33-26-38(29-15-6-2-7-16-29)40-39(27-33)30-17-8-3-9-18-30/h1-27H. The van der Waals surface area contributed by atoms with E-state index in [9.17, 15) is 0 Å². The quantitative estimate of drug-likeness (QED) is 0.225. The second kappa shape index (κ2) is 10.5. The lowest BCUT2D eigenvalue weighted by molar-refractivity contribution is 1.32. The fourth-order valence-electron chi connectivity index (χ4n) is 5.50. The largest absolute Gasteiger partial charge is 0.248 e. The molecule has 1 heterocycles. The van der Waals surface area contributed by atoms with Gasteiger partial charge in [-0.15, -0.1) is 0 Å². The minimum atomic E-state index is 0.972. The molecule has 0 aliphatic carbocycles. The maximum atomic E-state index is 5.06. The van der Waals surface area contributed by atoms with Gasteiger partial charge in [-0.3, -0.25) is 0 Å². The summed E-state index contributed by atoms with van der Waals surface area (Å²) in [6, 6.07) is 58.0. The van der Waals surface area contributed by atoms with Gasteiger partial charge in [-0.1, -0.05) is 146 Å². The maximum absolute atomic E-state index is 5.06. The first-order valence-corrected chi connectivity index (χ1v) is 13.6. The summed E-state index contributed by atoms with van der Waals surface area (Å²) < 4.78 is 0. The highest BCUT2D eigenvalue weighted by atomic mass is 14.7. The molecule has 7 rings (SSSR count). The monoisotopic (exact) mass is 509 g/mol. The van der Waals surface area contributed by atoms with Crippen LogP contribution in [0.2, 0.25) is 0 Å². The summed E-state index contributed by atoms with van der Waals surface area (Å²) in [4.78, 5) is 5.06. The zero-order chi connectivity index (χ0) is 26.7. The van der Waals surface area contributed by atoms with Gasteiger partial charge in [0.05, 0.1) is 11.4 Å². The SMILES string of the molecule is c1ccc(-c2cc(-c3cccc(-c4ccc(-c5ccccc5)c5ccccc45)c3)cc(-c3ccccc3)n2)cc1. The predicted octanol–water partition coefficient (Wildman–Crippen LogP) is 10.6. The summed E-state index contributed by atoms with van der Waals surface area (Å²) in [6.07, 6.45) is 0. The van der Waals surface area contributed by atoms with Crippen molar-refractivity contribution < 1.29 is 0 Å². The first-order valence-electron chi connectivity index (χ1n) is 13.6. The molecule has 40 heavy (non-hydrogen) atoms. The molecule has 0 aliphatic heterocycles. The van der Waals surface area contributed by atoms with Crippen LogP contribution in [0.3, 0.4) is 0 Å². The van der Waals surface area contributed by atoms with Crippen molar-refractivity contribution in [1.29, 1.82) is 0 Å². The second-order valence-electron chi connectivity index (χ2n) is 10.0. The molecule has 0 amide bonds. The lowest BCUT2D eigenvalue weighted by atomic mass is 9.91. The molecular formula is C39H27N. The number of hydrogen-bond acceptors (Lipinski definition) is 1. The van der Waals surface area contributed by atoms with E-state index < -0.39 is 0 Å². The highest BCUT2D eigenvalue weighted by Crippen LogP contribution is 2.37. The van der Waals surface area contributed by atoms with Gasteiger partial charge in [0.15, 0.2) is 0 Å². The first-order chi connectivity index (χ1) is 19.8. The summed E-state index contributed by atoms with van der Waals surface area (Å²) in [6.45, 7) is 0. The van der Waals surface area contributed by atoms with Crippen LogP contribution >= 0.6 is 0 Å². The zero-order valence-electron chi connectivity index (χ0n) is 22.0. The van der Waals surface area contributed by atoms with Gasteiger partial charge in [0.1, 0.15) is 0 Å². The summed E-state index contributed by atoms with van der Waals surface area (Å²) in [5, 5.41) is 2.52. The van der Waals surface area contributed by atoms with E-state index in [4.69, 9.17) is 4.98 Å². The van der Waals surface area contributed by atoms with Crippen molar-refractivity contribution in [1.82, 2.24) is 4.98 Å². The Hall–Kier alpha value is -5.27. The number of nitrogens with zero attached hydrogens (tertiary/aromatic N) is 1. The van der Waals surface area contributed by atoms with Crippen molar-refractivity contribution in [3.8, 4) is 55.9 Å². The second-order valence-corrected chi connectivity index (χ2v) is 10.0. The van der Waals surface area contributed by atoms with Crippen LogP contribution in [0.1, 0.15) is 0 Å². The molecule has 188 valence electrons. The normalized spacial score (nSPS) is 11.0. The molecule has 0 atom stereocenters. The molecule has 0 aliphatic rings. The van der Waals surface area contributed by atoms with Crippen molar-refractivity contribution in [3.05, 3.63) is 164 Å². The Morgan fingerprint density at radius 2 is 0.700 bits per heavy atom. The highest BCUT2D eigenvalue weighted by molar-refractivity contribution is 6.05. The number of rotatable bonds is 5. The van der Waals surface area contributed by atoms with Crippen LogP contribution in [0.25, 0.3) is 66.7 Å². The van der Waals surface area contributed by atoms with E-state index in [-0.39, 0.29) is 0 Å². The van der Waals surface area contributed by atoms with Crippen LogP contribution in [0.15, 0.2) is 164 Å². The summed E-state index contributed by atoms with van der Waals surface area (Å²) in [5.74, 6) is 0. The average Bonchev–Trinajstić information content (AvgIpc) is 3.05. The van der Waals surface area contributed by atoms with E-state index in [1.54, 1.807) is 0 Å². The van der Waals surface area contributed by atoms with Crippen LogP contribution < -0.4 is 0 Å². The molecule has 0 spiro atoms. The lowest BCUT2D eigenvalue weighted by Gasteiger charge is -2.14. The fraction of sp³-hybridized carbons (Fsp3) is 0. The van der Waals surface area contributed by atoms with E-state index in [1.165, 1.54) is 38.6 Å². The third-order valence-electron chi connectivity index (χ3n) is 7.48. The van der Waals surface area contributed by atoms with Crippen LogP contribution in [0.4, 0.5) is 0 Å². The number of benzene rings is 6. The van der Waals surface area contributed by atoms with Crippen LogP contribution in [-0.2, 0) is 0 Å². The van der Waals surface area contributed by atoms with Crippen LogP contribution in [0, 0.1) is 0 Å². The van der Waals surface area contributed by atoms with Gasteiger partial charge in [0.2, 0.25) is 0 Å². The van der Waals surface area contributed by atoms with Gasteiger partial charge < -0.3 is 0 Å². The Balaban J connectivity index is 1.37. The van der Waals surface area contributed by atoms with E-state index in [1.807, 2.05) is 12.1 Å². The van der Waals surface area contributed by atoms with E-state index in [2.05, 4.69) is 152 Å². The molecule has 7 aromatic rings. The first kappa shape index (κ1) is 23.8. The van der Waals surface area contributed by atoms with Gasteiger partial charge in [-0.05, 0) is 62.4 Å². The number of hydrogen-bond donors (Lipinski definition) is 0. The smallest absolute Gasteiger partial charge is 0.0715 e. The van der Waals surface area contributed by atoms with E-state index >= 15 is 0 Å². The molecule has 0 saturated carbocycles. The lowest BCUT2D eigenvalue weighted by Crippen LogP contribution is -1.91. The zero-order valence-corrected chi connectivity index (χ0v) is 22.0. The molecule has 6 aromatic carbocycles. The molecular weight excluding hydrogens is 482 g/mol. The van der Waals surface area contributed by atoms with Crippen molar-refractivity contribution in [2.45, 2.75) is 0 Å². The average molecular weight is 510 g/mol. The Labute approximate surface area is 235 Å².